The summed E-state index contributed by atoms with van der Waals surface area (Å²) in [4.78, 5) is 11.3. The summed E-state index contributed by atoms with van der Waals surface area (Å²) in [6.45, 7) is 2.40. The molecule has 0 saturated heterocycles. The van der Waals surface area contributed by atoms with Gasteiger partial charge in [0.15, 0.2) is 5.69 Å². The zero-order valence-electron chi connectivity index (χ0n) is 8.56. The van der Waals surface area contributed by atoms with E-state index in [2.05, 4.69) is 5.10 Å². The van der Waals surface area contributed by atoms with Gasteiger partial charge in [0.05, 0.1) is 6.61 Å². The van der Waals surface area contributed by atoms with Crippen molar-refractivity contribution in [2.45, 2.75) is 19.8 Å². The van der Waals surface area contributed by atoms with Crippen LogP contribution in [0.1, 0.15) is 30.3 Å². The minimum absolute atomic E-state index is 0.168. The molecule has 1 rings (SSSR count). The van der Waals surface area contributed by atoms with Crippen LogP contribution in [0.25, 0.3) is 0 Å². The highest BCUT2D eigenvalue weighted by atomic mass is 16.5. The van der Waals surface area contributed by atoms with Crippen LogP contribution >= 0.6 is 0 Å². The molecule has 82 valence electrons. The molecule has 0 bridgehead atoms. The predicted molar refractivity (Wildman–Crippen MR) is 54.7 cm³/mol. The first kappa shape index (κ1) is 11.2. The maximum absolute atomic E-state index is 11.3. The van der Waals surface area contributed by atoms with Crippen molar-refractivity contribution in [2.75, 3.05) is 6.61 Å². The van der Waals surface area contributed by atoms with Crippen LogP contribution in [-0.2, 0) is 4.74 Å². The summed E-state index contributed by atoms with van der Waals surface area (Å²) in [7, 11) is 0. The van der Waals surface area contributed by atoms with Crippen LogP contribution in [-0.4, -0.2) is 28.3 Å². The Bertz CT molecular complexity index is 359. The molecule has 0 aliphatic rings. The second-order valence-corrected chi connectivity index (χ2v) is 3.02. The molecule has 15 heavy (non-hydrogen) atoms. The summed E-state index contributed by atoms with van der Waals surface area (Å²) in [6.07, 6.45) is 3.24. The highest BCUT2D eigenvalue weighted by molar-refractivity contribution is 5.88. The van der Waals surface area contributed by atoms with E-state index >= 15 is 0 Å². The number of nitrogens with zero attached hydrogens (tertiary/aromatic N) is 2. The van der Waals surface area contributed by atoms with Crippen molar-refractivity contribution in [3.8, 4) is 0 Å². The number of carbonyl (C=O) groups excluding carboxylic acids is 1. The Labute approximate surface area is 87.5 Å². The fourth-order valence-electron chi connectivity index (χ4n) is 0.950. The lowest BCUT2D eigenvalue weighted by Gasteiger charge is -2.00. The summed E-state index contributed by atoms with van der Waals surface area (Å²) in [6, 6.07) is 1.47. The largest absolute Gasteiger partial charge is 0.461 e. The van der Waals surface area contributed by atoms with Crippen molar-refractivity contribution in [1.29, 1.82) is 5.41 Å². The van der Waals surface area contributed by atoms with Gasteiger partial charge in [0.2, 0.25) is 5.96 Å². The van der Waals surface area contributed by atoms with Crippen molar-refractivity contribution in [1.82, 2.24) is 9.78 Å². The van der Waals surface area contributed by atoms with Gasteiger partial charge >= 0.3 is 5.97 Å². The number of hydrogen-bond donors (Lipinski definition) is 2. The fourth-order valence-corrected chi connectivity index (χ4v) is 0.950. The van der Waals surface area contributed by atoms with Gasteiger partial charge in [-0.05, 0) is 12.5 Å². The number of nitrogens with one attached hydrogen (secondary N) is 1. The van der Waals surface area contributed by atoms with Crippen LogP contribution < -0.4 is 5.73 Å². The molecule has 3 N–H and O–H groups in total. The lowest BCUT2D eigenvalue weighted by Crippen LogP contribution is -2.21. The minimum atomic E-state index is -0.483. The number of hydrogen-bond acceptors (Lipinski definition) is 4. The molecule has 0 amide bonds. The minimum Gasteiger partial charge on any atom is -0.461 e. The number of ether oxygens (including phenoxy) is 1. The number of aromatic nitrogens is 2. The monoisotopic (exact) mass is 210 g/mol. The normalized spacial score (nSPS) is 9.93. The summed E-state index contributed by atoms with van der Waals surface area (Å²) in [5.41, 5.74) is 5.35. The third kappa shape index (κ3) is 3.08. The average molecular weight is 210 g/mol. The lowest BCUT2D eigenvalue weighted by molar-refractivity contribution is 0.0492. The Balaban J connectivity index is 2.54. The maximum Gasteiger partial charge on any atom is 0.358 e. The van der Waals surface area contributed by atoms with Crippen LogP contribution in [0.4, 0.5) is 0 Å². The molecule has 0 unspecified atom stereocenters. The Hall–Kier alpha value is -1.85. The Morgan fingerprint density at radius 3 is 3.00 bits per heavy atom. The van der Waals surface area contributed by atoms with Gasteiger partial charge in [-0.3, -0.25) is 5.41 Å². The number of unbranched alkanes of at least 4 members (excludes halogenated alkanes) is 1. The van der Waals surface area contributed by atoms with Crippen LogP contribution in [0.3, 0.4) is 0 Å². The molecule has 6 heteroatoms. The molecule has 0 aliphatic carbocycles. The Kier molecular flexibility index (Phi) is 3.84. The Morgan fingerprint density at radius 1 is 1.73 bits per heavy atom. The van der Waals surface area contributed by atoms with Crippen LogP contribution in [0.2, 0.25) is 0 Å². The van der Waals surface area contributed by atoms with Gasteiger partial charge in [-0.2, -0.15) is 5.10 Å². The smallest absolute Gasteiger partial charge is 0.358 e. The Morgan fingerprint density at radius 2 is 2.47 bits per heavy atom. The summed E-state index contributed by atoms with van der Waals surface area (Å²) >= 11 is 0. The molecule has 1 heterocycles. The van der Waals surface area contributed by atoms with Gasteiger partial charge in [0, 0.05) is 6.20 Å². The zero-order chi connectivity index (χ0) is 11.3. The average Bonchev–Trinajstić information content (AvgIpc) is 2.66. The van der Waals surface area contributed by atoms with Crippen molar-refractivity contribution < 1.29 is 9.53 Å². The first-order chi connectivity index (χ1) is 7.15. The number of nitrogens with two attached hydrogens (primary N) is 1. The molecule has 1 aromatic rings. The summed E-state index contributed by atoms with van der Waals surface area (Å²) < 4.78 is 6.04. The van der Waals surface area contributed by atoms with Crippen molar-refractivity contribution in [3.05, 3.63) is 18.0 Å². The molecular formula is C9H14N4O2. The lowest BCUT2D eigenvalue weighted by atomic mass is 10.4. The molecule has 1 aromatic heterocycles. The molecule has 0 aliphatic heterocycles. The van der Waals surface area contributed by atoms with Crippen LogP contribution in [0.5, 0.6) is 0 Å². The molecule has 0 saturated carbocycles. The van der Waals surface area contributed by atoms with E-state index in [0.29, 0.717) is 6.61 Å². The van der Waals surface area contributed by atoms with Gasteiger partial charge in [-0.25, -0.2) is 9.48 Å². The van der Waals surface area contributed by atoms with Crippen molar-refractivity contribution in [3.63, 3.8) is 0 Å². The topological polar surface area (TPSA) is 94.0 Å². The number of carbonyl (C=O) groups is 1. The summed E-state index contributed by atoms with van der Waals surface area (Å²) in [5.74, 6) is -0.717. The van der Waals surface area contributed by atoms with Crippen LogP contribution in [0, 0.1) is 5.41 Å². The van der Waals surface area contributed by atoms with E-state index in [1.807, 2.05) is 6.92 Å². The van der Waals surface area contributed by atoms with E-state index < -0.39 is 5.97 Å². The van der Waals surface area contributed by atoms with Gasteiger partial charge in [-0.15, -0.1) is 0 Å². The van der Waals surface area contributed by atoms with E-state index in [9.17, 15) is 4.79 Å². The third-order valence-electron chi connectivity index (χ3n) is 1.78. The second-order valence-electron chi connectivity index (χ2n) is 3.02. The molecule has 0 spiro atoms. The first-order valence-corrected chi connectivity index (χ1v) is 4.72. The van der Waals surface area contributed by atoms with Crippen molar-refractivity contribution >= 4 is 11.9 Å². The molecule has 0 fully saturated rings. The highest BCUT2D eigenvalue weighted by Crippen LogP contribution is 1.99. The van der Waals surface area contributed by atoms with Crippen LogP contribution in [0.15, 0.2) is 12.3 Å². The molecule has 0 radical (unpaired) electrons. The van der Waals surface area contributed by atoms with E-state index in [0.717, 1.165) is 17.5 Å². The number of esters is 1. The van der Waals surface area contributed by atoms with E-state index in [-0.39, 0.29) is 11.7 Å². The number of rotatable bonds is 4. The standard InChI is InChI=1S/C9H14N4O2/c1-2-3-6-15-8(14)7-4-5-13(12-7)9(10)11/h4-5H,2-3,6H2,1H3,(H3,10,11). The SMILES string of the molecule is CCCCOC(=O)c1ccn(C(=N)N)n1. The van der Waals surface area contributed by atoms with Gasteiger partial charge in [0.1, 0.15) is 0 Å². The zero-order valence-corrected chi connectivity index (χ0v) is 8.56. The predicted octanol–water partition coefficient (Wildman–Crippen LogP) is 0.582. The number of nitrogen functional groups attached to an aromatic ring is 1. The second kappa shape index (κ2) is 5.14. The maximum atomic E-state index is 11.3. The van der Waals surface area contributed by atoms with E-state index in [1.165, 1.54) is 12.3 Å². The third-order valence-corrected chi connectivity index (χ3v) is 1.78. The van der Waals surface area contributed by atoms with E-state index in [1.54, 1.807) is 0 Å². The first-order valence-electron chi connectivity index (χ1n) is 4.72. The molecule has 6 nitrogen and oxygen atoms in total. The fraction of sp³-hybridized carbons (Fsp3) is 0.444. The molecular weight excluding hydrogens is 196 g/mol. The quantitative estimate of drug-likeness (QED) is 0.329. The molecule has 0 aromatic carbocycles. The summed E-state index contributed by atoms with van der Waals surface area (Å²) in [5, 5.41) is 10.9. The highest BCUT2D eigenvalue weighted by Gasteiger charge is 2.11. The molecule has 0 atom stereocenters. The van der Waals surface area contributed by atoms with Gasteiger partial charge < -0.3 is 10.5 Å². The van der Waals surface area contributed by atoms with Crippen molar-refractivity contribution in [2.24, 2.45) is 5.73 Å². The van der Waals surface area contributed by atoms with E-state index in [4.69, 9.17) is 15.9 Å². The van der Waals surface area contributed by atoms with Gasteiger partial charge in [0.25, 0.3) is 0 Å². The van der Waals surface area contributed by atoms with Gasteiger partial charge in [-0.1, -0.05) is 13.3 Å².